The van der Waals surface area contributed by atoms with Gasteiger partial charge in [-0.3, -0.25) is 4.79 Å². The monoisotopic (exact) mass is 419 g/mol. The summed E-state index contributed by atoms with van der Waals surface area (Å²) in [7, 11) is -1.00. The number of benzene rings is 2. The molecule has 0 saturated carbocycles. The van der Waals surface area contributed by atoms with E-state index in [1.807, 2.05) is 12.1 Å². The minimum absolute atomic E-state index is 0.134. The fraction of sp³-hybridized carbons (Fsp3) is 0.381. The highest BCUT2D eigenvalue weighted by Crippen LogP contribution is 2.23. The van der Waals surface area contributed by atoms with E-state index >= 15 is 0 Å². The number of nitrogens with one attached hydrogen (secondary N) is 1. The van der Waals surface area contributed by atoms with Crippen LogP contribution in [0.25, 0.3) is 0 Å². The highest BCUT2D eigenvalue weighted by atomic mass is 32.2. The molecule has 0 unspecified atom stereocenters. The van der Waals surface area contributed by atoms with Gasteiger partial charge in [-0.05, 0) is 55.3 Å². The summed E-state index contributed by atoms with van der Waals surface area (Å²) in [6, 6.07) is 10.6. The first-order valence-corrected chi connectivity index (χ1v) is 11.1. The van der Waals surface area contributed by atoms with Crippen molar-refractivity contribution in [1.82, 2.24) is 4.31 Å². The van der Waals surface area contributed by atoms with Crippen LogP contribution in [0, 0.1) is 5.82 Å². The van der Waals surface area contributed by atoms with Crippen LogP contribution in [0.15, 0.2) is 47.4 Å². The molecule has 0 atom stereocenters. The number of hydrogen-bond donors (Lipinski definition) is 1. The first kappa shape index (κ1) is 21.3. The third kappa shape index (κ3) is 4.94. The molecule has 1 heterocycles. The zero-order chi connectivity index (χ0) is 21.0. The molecule has 8 heteroatoms. The van der Waals surface area contributed by atoms with E-state index in [9.17, 15) is 17.6 Å². The summed E-state index contributed by atoms with van der Waals surface area (Å²) in [5, 5.41) is 2.64. The standard InChI is InChI=1S/C21H26FN3O3S/c1-24(2)29(27,28)18-11-12-20(22)19(15-18)21(26)23-16-7-9-17(10-8-16)25-13-5-3-4-6-14-25/h7-12,15H,3-6,13-14H2,1-2H3,(H,23,26). The van der Waals surface area contributed by atoms with Crippen LogP contribution in [0.4, 0.5) is 15.8 Å². The van der Waals surface area contributed by atoms with Gasteiger partial charge in [-0.1, -0.05) is 12.8 Å². The van der Waals surface area contributed by atoms with Crippen LogP contribution in [-0.4, -0.2) is 45.8 Å². The molecule has 1 fully saturated rings. The second-order valence-corrected chi connectivity index (χ2v) is 9.48. The van der Waals surface area contributed by atoms with E-state index in [1.165, 1.54) is 39.8 Å². The third-order valence-electron chi connectivity index (χ3n) is 5.06. The number of rotatable bonds is 5. The normalized spacial score (nSPS) is 15.2. The fourth-order valence-corrected chi connectivity index (χ4v) is 4.26. The van der Waals surface area contributed by atoms with E-state index in [2.05, 4.69) is 10.2 Å². The number of hydrogen-bond acceptors (Lipinski definition) is 4. The van der Waals surface area contributed by atoms with E-state index in [4.69, 9.17) is 0 Å². The van der Waals surface area contributed by atoms with Crippen LogP contribution < -0.4 is 10.2 Å². The molecule has 0 spiro atoms. The number of nitrogens with zero attached hydrogens (tertiary/aromatic N) is 2. The summed E-state index contributed by atoms with van der Waals surface area (Å²) in [6.07, 6.45) is 4.84. The van der Waals surface area contributed by atoms with Gasteiger partial charge in [0.2, 0.25) is 10.0 Å². The lowest BCUT2D eigenvalue weighted by Crippen LogP contribution is -2.24. The molecule has 6 nitrogen and oxygen atoms in total. The van der Waals surface area contributed by atoms with Crippen molar-refractivity contribution in [2.45, 2.75) is 30.6 Å². The number of amides is 1. The maximum absolute atomic E-state index is 14.2. The zero-order valence-corrected chi connectivity index (χ0v) is 17.5. The lowest BCUT2D eigenvalue weighted by atomic mass is 10.2. The maximum Gasteiger partial charge on any atom is 0.258 e. The summed E-state index contributed by atoms with van der Waals surface area (Å²) in [5.41, 5.74) is 1.30. The Morgan fingerprint density at radius 1 is 1.00 bits per heavy atom. The smallest absolute Gasteiger partial charge is 0.258 e. The van der Waals surface area contributed by atoms with E-state index in [0.717, 1.165) is 41.3 Å². The maximum atomic E-state index is 14.2. The molecule has 0 aromatic heterocycles. The molecule has 0 aliphatic carbocycles. The molecule has 0 bridgehead atoms. The van der Waals surface area contributed by atoms with E-state index < -0.39 is 21.7 Å². The molecule has 1 aliphatic heterocycles. The summed E-state index contributed by atoms with van der Waals surface area (Å²) < 4.78 is 39.7. The van der Waals surface area contributed by atoms with Gasteiger partial charge in [0, 0.05) is 38.6 Å². The Morgan fingerprint density at radius 2 is 1.62 bits per heavy atom. The largest absolute Gasteiger partial charge is 0.372 e. The Bertz CT molecular complexity index is 967. The quantitative estimate of drug-likeness (QED) is 0.802. The van der Waals surface area contributed by atoms with Gasteiger partial charge in [-0.15, -0.1) is 0 Å². The van der Waals surface area contributed by atoms with Gasteiger partial charge in [0.05, 0.1) is 10.5 Å². The Morgan fingerprint density at radius 3 is 2.21 bits per heavy atom. The van der Waals surface area contributed by atoms with Crippen molar-refractivity contribution in [2.75, 3.05) is 37.4 Å². The van der Waals surface area contributed by atoms with Gasteiger partial charge >= 0.3 is 0 Å². The molecule has 2 aromatic rings. The Balaban J connectivity index is 1.76. The topological polar surface area (TPSA) is 69.7 Å². The van der Waals surface area contributed by atoms with Crippen LogP contribution in [-0.2, 0) is 10.0 Å². The van der Waals surface area contributed by atoms with Crippen molar-refractivity contribution in [2.24, 2.45) is 0 Å². The summed E-state index contributed by atoms with van der Waals surface area (Å²) in [4.78, 5) is 14.7. The number of anilines is 2. The van der Waals surface area contributed by atoms with Gasteiger partial charge in [-0.2, -0.15) is 0 Å². The summed E-state index contributed by atoms with van der Waals surface area (Å²) in [6.45, 7) is 2.04. The first-order valence-electron chi connectivity index (χ1n) is 9.67. The minimum Gasteiger partial charge on any atom is -0.372 e. The molecular weight excluding hydrogens is 393 g/mol. The molecular formula is C21H26FN3O3S. The van der Waals surface area contributed by atoms with Crippen molar-refractivity contribution in [3.05, 3.63) is 53.8 Å². The number of sulfonamides is 1. The summed E-state index contributed by atoms with van der Waals surface area (Å²) in [5.74, 6) is -1.47. The van der Waals surface area contributed by atoms with Crippen molar-refractivity contribution < 1.29 is 17.6 Å². The third-order valence-corrected chi connectivity index (χ3v) is 6.87. The van der Waals surface area contributed by atoms with Crippen LogP contribution in [0.2, 0.25) is 0 Å². The minimum atomic E-state index is -3.76. The fourth-order valence-electron chi connectivity index (χ4n) is 3.33. The predicted molar refractivity (Wildman–Crippen MR) is 112 cm³/mol. The first-order chi connectivity index (χ1) is 13.8. The Labute approximate surface area is 171 Å². The molecule has 2 aromatic carbocycles. The molecule has 156 valence electrons. The molecule has 1 N–H and O–H groups in total. The molecule has 0 radical (unpaired) electrons. The van der Waals surface area contributed by atoms with Gasteiger partial charge in [-0.25, -0.2) is 17.1 Å². The number of carbonyl (C=O) groups is 1. The molecule has 3 rings (SSSR count). The molecule has 1 aliphatic rings. The second-order valence-electron chi connectivity index (χ2n) is 7.33. The van der Waals surface area contributed by atoms with Crippen molar-refractivity contribution in [3.63, 3.8) is 0 Å². The number of halogens is 1. The van der Waals surface area contributed by atoms with Gasteiger partial charge < -0.3 is 10.2 Å². The highest BCUT2D eigenvalue weighted by molar-refractivity contribution is 7.89. The van der Waals surface area contributed by atoms with Crippen LogP contribution >= 0.6 is 0 Å². The molecule has 1 saturated heterocycles. The van der Waals surface area contributed by atoms with Crippen molar-refractivity contribution in [3.8, 4) is 0 Å². The SMILES string of the molecule is CN(C)S(=O)(=O)c1ccc(F)c(C(=O)Nc2ccc(N3CCCCCC3)cc2)c1. The van der Waals surface area contributed by atoms with Gasteiger partial charge in [0.25, 0.3) is 5.91 Å². The van der Waals surface area contributed by atoms with Crippen LogP contribution in [0.1, 0.15) is 36.0 Å². The zero-order valence-electron chi connectivity index (χ0n) is 16.7. The lowest BCUT2D eigenvalue weighted by Gasteiger charge is -2.22. The second kappa shape index (κ2) is 8.92. The summed E-state index contributed by atoms with van der Waals surface area (Å²) >= 11 is 0. The molecule has 29 heavy (non-hydrogen) atoms. The van der Waals surface area contributed by atoms with E-state index in [-0.39, 0.29) is 10.5 Å². The van der Waals surface area contributed by atoms with Crippen molar-refractivity contribution in [1.29, 1.82) is 0 Å². The van der Waals surface area contributed by atoms with Gasteiger partial charge in [0.1, 0.15) is 5.82 Å². The van der Waals surface area contributed by atoms with E-state index in [1.54, 1.807) is 12.1 Å². The predicted octanol–water partition coefficient (Wildman–Crippen LogP) is 3.71. The van der Waals surface area contributed by atoms with Crippen LogP contribution in [0.3, 0.4) is 0 Å². The van der Waals surface area contributed by atoms with Gasteiger partial charge in [0.15, 0.2) is 0 Å². The van der Waals surface area contributed by atoms with Crippen molar-refractivity contribution >= 4 is 27.3 Å². The highest BCUT2D eigenvalue weighted by Gasteiger charge is 2.21. The lowest BCUT2D eigenvalue weighted by molar-refractivity contribution is 0.102. The Hall–Kier alpha value is -2.45. The Kier molecular flexibility index (Phi) is 6.54. The average Bonchev–Trinajstić information content (AvgIpc) is 2.98. The van der Waals surface area contributed by atoms with E-state index in [0.29, 0.717) is 5.69 Å². The molecule has 1 amide bonds. The average molecular weight is 420 g/mol. The number of carbonyl (C=O) groups excluding carboxylic acids is 1. The van der Waals surface area contributed by atoms with Crippen LogP contribution in [0.5, 0.6) is 0 Å².